The number of ether oxygens (including phenoxy) is 1. The normalized spacial score (nSPS) is 27.8. The molecule has 1 aliphatic heterocycles. The maximum atomic E-state index is 10.2. The fourth-order valence-corrected chi connectivity index (χ4v) is 2.71. The molecular weight excluding hydrogens is 304 g/mol. The van der Waals surface area contributed by atoms with Gasteiger partial charge in [0.25, 0.3) is 0 Å². The van der Waals surface area contributed by atoms with E-state index in [9.17, 15) is 15.3 Å². The average Bonchev–Trinajstić information content (AvgIpc) is 3.28. The van der Waals surface area contributed by atoms with Crippen LogP contribution in [0.2, 0.25) is 0 Å². The first-order valence-electron chi connectivity index (χ1n) is 6.99. The number of aliphatic hydroxyl groups excluding tert-OH is 3. The molecule has 3 N–H and O–H groups in total. The monoisotopic (exact) mass is 318 g/mol. The molecule has 3 aromatic heterocycles. The lowest BCUT2D eigenvalue weighted by Crippen LogP contribution is -2.33. The molecule has 0 aliphatic carbocycles. The Morgan fingerprint density at radius 2 is 2.00 bits per heavy atom. The fraction of sp³-hybridized carbons (Fsp3) is 0.385. The van der Waals surface area contributed by atoms with Crippen molar-refractivity contribution >= 4 is 11.2 Å². The molecule has 0 bridgehead atoms. The minimum Gasteiger partial charge on any atom is -0.394 e. The first-order valence-corrected chi connectivity index (χ1v) is 6.99. The summed E-state index contributed by atoms with van der Waals surface area (Å²) in [6.45, 7) is -0.392. The van der Waals surface area contributed by atoms with Crippen LogP contribution in [-0.2, 0) is 4.74 Å². The van der Waals surface area contributed by atoms with Crippen LogP contribution in [0.3, 0.4) is 0 Å². The van der Waals surface area contributed by atoms with Crippen molar-refractivity contribution in [2.75, 3.05) is 6.61 Å². The van der Waals surface area contributed by atoms with E-state index >= 15 is 0 Å². The Kier molecular flexibility index (Phi) is 3.31. The third-order valence-electron chi connectivity index (χ3n) is 3.88. The Morgan fingerprint density at radius 1 is 1.13 bits per heavy atom. The van der Waals surface area contributed by atoms with Crippen molar-refractivity contribution in [3.05, 3.63) is 31.4 Å². The summed E-state index contributed by atoms with van der Waals surface area (Å²) in [5, 5.41) is 29.2. The predicted molar refractivity (Wildman–Crippen MR) is 75.5 cm³/mol. The van der Waals surface area contributed by atoms with Crippen molar-refractivity contribution in [3.8, 4) is 5.82 Å². The molecule has 10 heteroatoms. The number of hydrogen-bond acceptors (Lipinski definition) is 8. The summed E-state index contributed by atoms with van der Waals surface area (Å²) in [5.74, 6) is 0.540. The molecule has 4 atom stereocenters. The first kappa shape index (κ1) is 14.2. The lowest BCUT2D eigenvalue weighted by molar-refractivity contribution is -0.0511. The second-order valence-corrected chi connectivity index (χ2v) is 5.22. The van der Waals surface area contributed by atoms with Gasteiger partial charge in [-0.1, -0.05) is 0 Å². The Labute approximate surface area is 129 Å². The summed E-state index contributed by atoms with van der Waals surface area (Å²) < 4.78 is 8.72. The van der Waals surface area contributed by atoms with Gasteiger partial charge >= 0.3 is 0 Å². The molecule has 0 aromatic carbocycles. The van der Waals surface area contributed by atoms with Crippen LogP contribution in [0.5, 0.6) is 0 Å². The summed E-state index contributed by atoms with van der Waals surface area (Å²) in [7, 11) is 0. The van der Waals surface area contributed by atoms with Gasteiger partial charge in [0, 0.05) is 12.4 Å². The number of rotatable bonds is 3. The van der Waals surface area contributed by atoms with Gasteiger partial charge in [-0.15, -0.1) is 0 Å². The maximum absolute atomic E-state index is 10.2. The van der Waals surface area contributed by atoms with E-state index in [1.807, 2.05) is 0 Å². The highest BCUT2D eigenvalue weighted by Crippen LogP contribution is 2.31. The highest BCUT2D eigenvalue weighted by Gasteiger charge is 2.44. The molecule has 1 aliphatic rings. The second kappa shape index (κ2) is 5.35. The van der Waals surface area contributed by atoms with Crippen LogP contribution in [0.25, 0.3) is 17.0 Å². The van der Waals surface area contributed by atoms with Gasteiger partial charge in [-0.05, 0) is 0 Å². The lowest BCUT2D eigenvalue weighted by atomic mass is 10.1. The largest absolute Gasteiger partial charge is 0.394 e. The Bertz CT molecular complexity index is 819. The molecule has 23 heavy (non-hydrogen) atoms. The van der Waals surface area contributed by atoms with Crippen LogP contribution in [0.4, 0.5) is 0 Å². The van der Waals surface area contributed by atoms with Crippen LogP contribution in [0.1, 0.15) is 6.23 Å². The molecule has 0 amide bonds. The van der Waals surface area contributed by atoms with Gasteiger partial charge in [0.1, 0.15) is 31.0 Å². The minimum absolute atomic E-state index is 0.392. The Hall–Kier alpha value is -2.40. The van der Waals surface area contributed by atoms with E-state index in [0.29, 0.717) is 17.0 Å². The molecule has 4 heterocycles. The zero-order chi connectivity index (χ0) is 16.0. The molecule has 3 aromatic rings. The number of aromatic nitrogens is 6. The van der Waals surface area contributed by atoms with Gasteiger partial charge in [0.05, 0.1) is 12.9 Å². The molecule has 4 unspecified atom stereocenters. The van der Waals surface area contributed by atoms with Gasteiger partial charge in [-0.3, -0.25) is 9.13 Å². The molecule has 4 rings (SSSR count). The van der Waals surface area contributed by atoms with Crippen LogP contribution < -0.4 is 0 Å². The SMILES string of the molecule is OCC1OC(n2cnc3c(-n4ccnc4)ncnc32)C(O)C1O. The Balaban J connectivity index is 1.80. The van der Waals surface area contributed by atoms with E-state index in [1.165, 1.54) is 17.2 Å². The van der Waals surface area contributed by atoms with Crippen molar-refractivity contribution in [3.63, 3.8) is 0 Å². The molecule has 0 saturated carbocycles. The van der Waals surface area contributed by atoms with Gasteiger partial charge in [-0.2, -0.15) is 0 Å². The zero-order valence-electron chi connectivity index (χ0n) is 11.8. The third kappa shape index (κ3) is 2.11. The smallest absolute Gasteiger partial charge is 0.169 e. The summed E-state index contributed by atoms with van der Waals surface area (Å²) in [5.41, 5.74) is 0.946. The molecular formula is C13H14N6O4. The van der Waals surface area contributed by atoms with Crippen LogP contribution in [0.15, 0.2) is 31.4 Å². The van der Waals surface area contributed by atoms with Crippen molar-refractivity contribution in [1.29, 1.82) is 0 Å². The van der Waals surface area contributed by atoms with Gasteiger partial charge in [0.15, 0.2) is 23.2 Å². The summed E-state index contributed by atoms with van der Waals surface area (Å²) in [4.78, 5) is 16.6. The van der Waals surface area contributed by atoms with Gasteiger partial charge in [0.2, 0.25) is 0 Å². The van der Waals surface area contributed by atoms with Crippen molar-refractivity contribution in [1.82, 2.24) is 29.1 Å². The molecule has 0 radical (unpaired) electrons. The van der Waals surface area contributed by atoms with E-state index in [0.717, 1.165) is 0 Å². The standard InChI is InChI=1S/C13H14N6O4/c20-3-7-9(21)10(22)13(23-7)19-6-17-8-11(15-4-16-12(8)19)18-2-1-14-5-18/h1-2,4-7,9-10,13,20-22H,3H2. The van der Waals surface area contributed by atoms with E-state index in [1.54, 1.807) is 23.3 Å². The number of hydrogen-bond donors (Lipinski definition) is 3. The van der Waals surface area contributed by atoms with Crippen LogP contribution in [-0.4, -0.2) is 69.3 Å². The third-order valence-corrected chi connectivity index (χ3v) is 3.88. The first-order chi connectivity index (χ1) is 11.2. The number of imidazole rings is 2. The van der Waals surface area contributed by atoms with E-state index < -0.39 is 31.1 Å². The Morgan fingerprint density at radius 3 is 2.70 bits per heavy atom. The van der Waals surface area contributed by atoms with Crippen LogP contribution in [0, 0.1) is 0 Å². The highest BCUT2D eigenvalue weighted by molar-refractivity contribution is 5.78. The summed E-state index contributed by atoms with van der Waals surface area (Å²) in [6, 6.07) is 0. The number of nitrogens with zero attached hydrogens (tertiary/aromatic N) is 6. The van der Waals surface area contributed by atoms with E-state index in [-0.39, 0.29) is 0 Å². The van der Waals surface area contributed by atoms with E-state index in [4.69, 9.17) is 4.74 Å². The molecule has 0 spiro atoms. The van der Waals surface area contributed by atoms with Gasteiger partial charge in [-0.25, -0.2) is 19.9 Å². The highest BCUT2D eigenvalue weighted by atomic mass is 16.6. The summed E-state index contributed by atoms with van der Waals surface area (Å²) in [6.07, 6.45) is 3.64. The quantitative estimate of drug-likeness (QED) is 0.538. The molecule has 1 saturated heterocycles. The van der Waals surface area contributed by atoms with E-state index in [2.05, 4.69) is 19.9 Å². The minimum atomic E-state index is -1.20. The van der Waals surface area contributed by atoms with Gasteiger partial charge < -0.3 is 20.1 Å². The van der Waals surface area contributed by atoms with Crippen molar-refractivity contribution in [2.24, 2.45) is 0 Å². The lowest BCUT2D eigenvalue weighted by Gasteiger charge is -2.16. The predicted octanol–water partition coefficient (Wildman–Crippen LogP) is -1.38. The van der Waals surface area contributed by atoms with Crippen molar-refractivity contribution in [2.45, 2.75) is 24.5 Å². The molecule has 10 nitrogen and oxygen atoms in total. The summed E-state index contributed by atoms with van der Waals surface area (Å²) >= 11 is 0. The molecule has 120 valence electrons. The molecule has 1 fully saturated rings. The van der Waals surface area contributed by atoms with Crippen molar-refractivity contribution < 1.29 is 20.1 Å². The maximum Gasteiger partial charge on any atom is 0.169 e. The number of aliphatic hydroxyl groups is 3. The fourth-order valence-electron chi connectivity index (χ4n) is 2.71. The van der Waals surface area contributed by atoms with Crippen LogP contribution >= 0.6 is 0 Å². The average molecular weight is 318 g/mol. The second-order valence-electron chi connectivity index (χ2n) is 5.22. The topological polar surface area (TPSA) is 131 Å². The number of fused-ring (bicyclic) bond motifs is 1. The zero-order valence-corrected chi connectivity index (χ0v) is 11.8.